The van der Waals surface area contributed by atoms with Crippen LogP contribution in [-0.4, -0.2) is 16.2 Å². The van der Waals surface area contributed by atoms with Crippen LogP contribution in [0.4, 0.5) is 0 Å². The van der Waals surface area contributed by atoms with E-state index in [-0.39, 0.29) is 11.2 Å². The van der Waals surface area contributed by atoms with Gasteiger partial charge in [-0.05, 0) is 47.9 Å². The Bertz CT molecular complexity index is 520. The highest BCUT2D eigenvalue weighted by Crippen LogP contribution is 2.47. The van der Waals surface area contributed by atoms with Crippen molar-refractivity contribution in [3.8, 4) is 5.75 Å². The molecule has 0 saturated heterocycles. The number of carbonyl (C=O) groups is 1. The molecule has 2 N–H and O–H groups in total. The summed E-state index contributed by atoms with van der Waals surface area (Å²) in [5.74, 6) is -0.485. The van der Waals surface area contributed by atoms with Crippen molar-refractivity contribution in [3.63, 3.8) is 0 Å². The van der Waals surface area contributed by atoms with Crippen LogP contribution in [-0.2, 0) is 15.6 Å². The molecule has 1 fully saturated rings. The summed E-state index contributed by atoms with van der Waals surface area (Å²) in [6.45, 7) is 7.95. The van der Waals surface area contributed by atoms with E-state index in [4.69, 9.17) is 0 Å². The molecule has 2 rings (SSSR count). The third kappa shape index (κ3) is 2.11. The van der Waals surface area contributed by atoms with Gasteiger partial charge in [-0.1, -0.05) is 33.3 Å². The number of rotatable bonds is 2. The Morgan fingerprint density at radius 2 is 1.84 bits per heavy atom. The smallest absolute Gasteiger partial charge is 0.314 e. The molecule has 104 valence electrons. The fourth-order valence-corrected chi connectivity index (χ4v) is 2.94. The molecule has 1 aromatic carbocycles. The molecule has 0 atom stereocenters. The van der Waals surface area contributed by atoms with Crippen LogP contribution in [0, 0.1) is 6.92 Å². The van der Waals surface area contributed by atoms with E-state index in [1.807, 2.05) is 33.8 Å². The number of benzene rings is 1. The minimum absolute atomic E-state index is 0.198. The Labute approximate surface area is 114 Å². The summed E-state index contributed by atoms with van der Waals surface area (Å²) in [7, 11) is 0. The highest BCUT2D eigenvalue weighted by molar-refractivity contribution is 5.83. The number of aryl methyl sites for hydroxylation is 1. The van der Waals surface area contributed by atoms with Crippen molar-refractivity contribution in [1.82, 2.24) is 0 Å². The van der Waals surface area contributed by atoms with Crippen LogP contribution in [0.25, 0.3) is 0 Å². The van der Waals surface area contributed by atoms with E-state index < -0.39 is 11.4 Å². The Hall–Kier alpha value is -1.51. The largest absolute Gasteiger partial charge is 0.508 e. The standard InChI is InChI=1S/C16H22O3/c1-10-8-13(17)12(15(2,3)4)9-11(10)16(14(18)19)6-5-7-16/h8-9,17H,5-7H2,1-4H3,(H,18,19). The maximum atomic E-state index is 11.6. The van der Waals surface area contributed by atoms with Crippen molar-refractivity contribution in [1.29, 1.82) is 0 Å². The van der Waals surface area contributed by atoms with E-state index >= 15 is 0 Å². The second-order valence-electron chi connectivity index (χ2n) is 6.68. The number of hydrogen-bond donors (Lipinski definition) is 2. The molecular formula is C16H22O3. The minimum atomic E-state index is -0.743. The predicted molar refractivity (Wildman–Crippen MR) is 74.7 cm³/mol. The molecule has 3 nitrogen and oxygen atoms in total. The van der Waals surface area contributed by atoms with E-state index in [1.165, 1.54) is 0 Å². The van der Waals surface area contributed by atoms with Crippen LogP contribution in [0.5, 0.6) is 5.75 Å². The van der Waals surface area contributed by atoms with Crippen LogP contribution < -0.4 is 0 Å². The van der Waals surface area contributed by atoms with Crippen LogP contribution in [0.3, 0.4) is 0 Å². The molecule has 0 unspecified atom stereocenters. The van der Waals surface area contributed by atoms with Gasteiger partial charge in [0.1, 0.15) is 5.75 Å². The maximum absolute atomic E-state index is 11.6. The number of phenolic OH excluding ortho intramolecular Hbond substituents is 1. The minimum Gasteiger partial charge on any atom is -0.508 e. The lowest BCUT2D eigenvalue weighted by Crippen LogP contribution is -2.43. The van der Waals surface area contributed by atoms with E-state index in [2.05, 4.69) is 0 Å². The topological polar surface area (TPSA) is 57.5 Å². The molecule has 0 amide bonds. The summed E-state index contributed by atoms with van der Waals surface area (Å²) in [6.07, 6.45) is 2.34. The second-order valence-corrected chi connectivity index (χ2v) is 6.68. The van der Waals surface area contributed by atoms with E-state index in [0.717, 1.165) is 23.1 Å². The molecule has 3 heteroatoms. The number of hydrogen-bond acceptors (Lipinski definition) is 2. The van der Waals surface area contributed by atoms with Gasteiger partial charge in [-0.2, -0.15) is 0 Å². The van der Waals surface area contributed by atoms with Crippen LogP contribution in [0.1, 0.15) is 56.7 Å². The summed E-state index contributed by atoms with van der Waals surface area (Å²) < 4.78 is 0. The van der Waals surface area contributed by atoms with Crippen molar-refractivity contribution >= 4 is 5.97 Å². The molecule has 0 aliphatic heterocycles. The molecule has 1 aromatic rings. The molecule has 0 aromatic heterocycles. The van der Waals surface area contributed by atoms with Gasteiger partial charge in [-0.25, -0.2) is 0 Å². The van der Waals surface area contributed by atoms with Gasteiger partial charge >= 0.3 is 5.97 Å². The van der Waals surface area contributed by atoms with E-state index in [0.29, 0.717) is 12.8 Å². The first kappa shape index (κ1) is 13.9. The van der Waals surface area contributed by atoms with Crippen molar-refractivity contribution < 1.29 is 15.0 Å². The van der Waals surface area contributed by atoms with Gasteiger partial charge in [-0.3, -0.25) is 4.79 Å². The van der Waals surface area contributed by atoms with Crippen molar-refractivity contribution in [2.45, 2.75) is 57.8 Å². The Morgan fingerprint density at radius 3 is 2.21 bits per heavy atom. The zero-order chi connectivity index (χ0) is 14.4. The summed E-state index contributed by atoms with van der Waals surface area (Å²) in [6, 6.07) is 3.61. The lowest BCUT2D eigenvalue weighted by atomic mass is 9.62. The van der Waals surface area contributed by atoms with Crippen molar-refractivity contribution in [2.24, 2.45) is 0 Å². The summed E-state index contributed by atoms with van der Waals surface area (Å²) in [5.41, 5.74) is 1.62. The first-order chi connectivity index (χ1) is 8.68. The molecule has 1 aliphatic rings. The number of aromatic hydroxyl groups is 1. The summed E-state index contributed by atoms with van der Waals surface area (Å²) in [5, 5.41) is 19.7. The fourth-order valence-electron chi connectivity index (χ4n) is 2.94. The number of aliphatic carboxylic acids is 1. The summed E-state index contributed by atoms with van der Waals surface area (Å²) >= 11 is 0. The molecular weight excluding hydrogens is 240 g/mol. The van der Waals surface area contributed by atoms with Gasteiger partial charge in [0.15, 0.2) is 0 Å². The van der Waals surface area contributed by atoms with Crippen molar-refractivity contribution in [3.05, 3.63) is 28.8 Å². The van der Waals surface area contributed by atoms with Gasteiger partial charge in [-0.15, -0.1) is 0 Å². The molecule has 0 radical (unpaired) electrons. The van der Waals surface area contributed by atoms with Gasteiger partial charge < -0.3 is 10.2 Å². The third-order valence-corrected chi connectivity index (χ3v) is 4.28. The van der Waals surface area contributed by atoms with Crippen LogP contribution in [0.2, 0.25) is 0 Å². The van der Waals surface area contributed by atoms with Gasteiger partial charge in [0, 0.05) is 0 Å². The van der Waals surface area contributed by atoms with Gasteiger partial charge in [0.2, 0.25) is 0 Å². The highest BCUT2D eigenvalue weighted by Gasteiger charge is 2.47. The Morgan fingerprint density at radius 1 is 1.26 bits per heavy atom. The molecule has 0 bridgehead atoms. The lowest BCUT2D eigenvalue weighted by molar-refractivity contribution is -0.147. The lowest BCUT2D eigenvalue weighted by Gasteiger charge is -2.40. The third-order valence-electron chi connectivity index (χ3n) is 4.28. The average molecular weight is 262 g/mol. The molecule has 1 aliphatic carbocycles. The van der Waals surface area contributed by atoms with E-state index in [9.17, 15) is 15.0 Å². The number of phenols is 1. The Balaban J connectivity index is 2.61. The quantitative estimate of drug-likeness (QED) is 0.857. The number of carboxylic acids is 1. The molecule has 0 spiro atoms. The SMILES string of the molecule is Cc1cc(O)c(C(C)(C)C)cc1C1(C(=O)O)CCC1. The van der Waals surface area contributed by atoms with Gasteiger partial charge in [0.25, 0.3) is 0 Å². The average Bonchev–Trinajstić information content (AvgIpc) is 2.16. The zero-order valence-corrected chi connectivity index (χ0v) is 12.1. The predicted octanol–water partition coefficient (Wildman–Crippen LogP) is 3.50. The van der Waals surface area contributed by atoms with Crippen LogP contribution >= 0.6 is 0 Å². The molecule has 19 heavy (non-hydrogen) atoms. The van der Waals surface area contributed by atoms with Crippen molar-refractivity contribution in [2.75, 3.05) is 0 Å². The van der Waals surface area contributed by atoms with Gasteiger partial charge in [0.05, 0.1) is 5.41 Å². The monoisotopic (exact) mass is 262 g/mol. The highest BCUT2D eigenvalue weighted by atomic mass is 16.4. The second kappa shape index (κ2) is 4.26. The molecule has 1 saturated carbocycles. The maximum Gasteiger partial charge on any atom is 0.314 e. The molecule has 0 heterocycles. The number of carboxylic acid groups (broad SMARTS) is 1. The fraction of sp³-hybridized carbons (Fsp3) is 0.562. The first-order valence-electron chi connectivity index (χ1n) is 6.76. The zero-order valence-electron chi connectivity index (χ0n) is 12.1. The normalized spacial score (nSPS) is 17.9. The van der Waals surface area contributed by atoms with E-state index in [1.54, 1.807) is 6.07 Å². The first-order valence-corrected chi connectivity index (χ1v) is 6.76. The Kier molecular flexibility index (Phi) is 3.12. The summed E-state index contributed by atoms with van der Waals surface area (Å²) in [4.78, 5) is 11.6. The van der Waals surface area contributed by atoms with Crippen LogP contribution in [0.15, 0.2) is 12.1 Å².